The fourth-order valence-corrected chi connectivity index (χ4v) is 1.74. The molecule has 2 N–H and O–H groups in total. The van der Waals surface area contributed by atoms with E-state index in [9.17, 15) is 4.79 Å². The molecule has 0 aromatic carbocycles. The van der Waals surface area contributed by atoms with E-state index in [-0.39, 0.29) is 6.61 Å². The zero-order valence-corrected chi connectivity index (χ0v) is 10.7. The second-order valence-electron chi connectivity index (χ2n) is 4.58. The van der Waals surface area contributed by atoms with E-state index in [1.807, 2.05) is 11.8 Å². The first-order valence-corrected chi connectivity index (χ1v) is 6.06. The van der Waals surface area contributed by atoms with Crippen LogP contribution in [0.4, 0.5) is 0 Å². The lowest BCUT2D eigenvalue weighted by atomic mass is 10.0. The van der Waals surface area contributed by atoms with E-state index in [4.69, 9.17) is 10.2 Å². The van der Waals surface area contributed by atoms with Gasteiger partial charge in [0, 0.05) is 6.61 Å². The first-order chi connectivity index (χ1) is 7.46. The summed E-state index contributed by atoms with van der Waals surface area (Å²) in [6, 6.07) is 0. The summed E-state index contributed by atoms with van der Waals surface area (Å²) in [7, 11) is 0. The quantitative estimate of drug-likeness (QED) is 0.593. The highest BCUT2D eigenvalue weighted by molar-refractivity contribution is 5.77. The Morgan fingerprint density at radius 2 is 1.75 bits per heavy atom. The van der Waals surface area contributed by atoms with Gasteiger partial charge in [-0.1, -0.05) is 19.8 Å². The average Bonchev–Trinajstić information content (AvgIpc) is 2.22. The summed E-state index contributed by atoms with van der Waals surface area (Å²) in [5, 5.41) is 17.7. The first-order valence-electron chi connectivity index (χ1n) is 6.06. The minimum Gasteiger partial charge on any atom is -0.480 e. The number of aliphatic carboxylic acids is 1. The van der Waals surface area contributed by atoms with E-state index in [1.165, 1.54) is 0 Å². The molecule has 0 saturated heterocycles. The number of likely N-dealkylation sites (N-methyl/N-ethyl adjacent to an activating group) is 1. The van der Waals surface area contributed by atoms with Gasteiger partial charge >= 0.3 is 5.97 Å². The molecule has 0 unspecified atom stereocenters. The second-order valence-corrected chi connectivity index (χ2v) is 4.58. The second kappa shape index (κ2) is 7.63. The van der Waals surface area contributed by atoms with E-state index >= 15 is 0 Å². The molecule has 0 atom stereocenters. The highest BCUT2D eigenvalue weighted by Crippen LogP contribution is 2.15. The minimum absolute atomic E-state index is 0.248. The number of aliphatic hydroxyl groups is 1. The summed E-state index contributed by atoms with van der Waals surface area (Å²) in [5.74, 6) is -0.773. The monoisotopic (exact) mass is 231 g/mol. The lowest BCUT2D eigenvalue weighted by Crippen LogP contribution is -2.50. The predicted octanol–water partition coefficient (Wildman–Crippen LogP) is 1.72. The van der Waals surface area contributed by atoms with E-state index < -0.39 is 11.5 Å². The van der Waals surface area contributed by atoms with Gasteiger partial charge in [0.15, 0.2) is 0 Å². The van der Waals surface area contributed by atoms with Crippen LogP contribution in [0.15, 0.2) is 0 Å². The summed E-state index contributed by atoms with van der Waals surface area (Å²) in [6.45, 7) is 7.27. The van der Waals surface area contributed by atoms with Gasteiger partial charge < -0.3 is 10.2 Å². The van der Waals surface area contributed by atoms with Crippen molar-refractivity contribution in [1.82, 2.24) is 4.90 Å². The topological polar surface area (TPSA) is 60.8 Å². The molecule has 4 heteroatoms. The fourth-order valence-electron chi connectivity index (χ4n) is 1.74. The number of unbranched alkanes of at least 4 members (excludes halogenated alkanes) is 3. The van der Waals surface area contributed by atoms with Crippen LogP contribution in [0.2, 0.25) is 0 Å². The molecule has 4 nitrogen and oxygen atoms in total. The third kappa shape index (κ3) is 4.94. The predicted molar refractivity (Wildman–Crippen MR) is 64.5 cm³/mol. The number of nitrogens with zero attached hydrogens (tertiary/aromatic N) is 1. The first kappa shape index (κ1) is 15.4. The standard InChI is InChI=1S/C12H25NO3/c1-4-13(12(2,3)11(15)16)9-7-5-6-8-10-14/h14H,4-10H2,1-3H3,(H,15,16). The number of hydrogen-bond acceptors (Lipinski definition) is 3. The van der Waals surface area contributed by atoms with Crippen LogP contribution in [0.1, 0.15) is 46.5 Å². The molecule has 0 aliphatic rings. The zero-order chi connectivity index (χ0) is 12.6. The molecule has 0 amide bonds. The maximum atomic E-state index is 11.1. The Kier molecular flexibility index (Phi) is 7.34. The fraction of sp³-hybridized carbons (Fsp3) is 0.917. The molecule has 0 aliphatic heterocycles. The third-order valence-corrected chi connectivity index (χ3v) is 3.03. The van der Waals surface area contributed by atoms with Gasteiger partial charge in [0.2, 0.25) is 0 Å². The van der Waals surface area contributed by atoms with Crippen LogP contribution in [-0.2, 0) is 4.79 Å². The third-order valence-electron chi connectivity index (χ3n) is 3.03. The summed E-state index contributed by atoms with van der Waals surface area (Å²) in [6.07, 6.45) is 3.90. The molecular weight excluding hydrogens is 206 g/mol. The van der Waals surface area contributed by atoms with Gasteiger partial charge in [-0.3, -0.25) is 9.69 Å². The van der Waals surface area contributed by atoms with Crippen molar-refractivity contribution in [2.24, 2.45) is 0 Å². The highest BCUT2D eigenvalue weighted by atomic mass is 16.4. The summed E-state index contributed by atoms with van der Waals surface area (Å²) >= 11 is 0. The number of carbonyl (C=O) groups is 1. The molecule has 0 aliphatic carbocycles. The van der Waals surface area contributed by atoms with E-state index in [0.29, 0.717) is 0 Å². The Balaban J connectivity index is 3.96. The van der Waals surface area contributed by atoms with Crippen molar-refractivity contribution in [1.29, 1.82) is 0 Å². The van der Waals surface area contributed by atoms with Gasteiger partial charge in [0.1, 0.15) is 5.54 Å². The van der Waals surface area contributed by atoms with Gasteiger partial charge in [0.25, 0.3) is 0 Å². The summed E-state index contributed by atoms with van der Waals surface area (Å²) < 4.78 is 0. The van der Waals surface area contributed by atoms with Crippen LogP contribution in [0.3, 0.4) is 0 Å². The van der Waals surface area contributed by atoms with Gasteiger partial charge in [-0.2, -0.15) is 0 Å². The maximum absolute atomic E-state index is 11.1. The average molecular weight is 231 g/mol. The Morgan fingerprint density at radius 1 is 1.19 bits per heavy atom. The van der Waals surface area contributed by atoms with Crippen molar-refractivity contribution < 1.29 is 15.0 Å². The van der Waals surface area contributed by atoms with E-state index in [1.54, 1.807) is 13.8 Å². The molecule has 0 rings (SSSR count). The SMILES string of the molecule is CCN(CCCCCCO)C(C)(C)C(=O)O. The molecule has 16 heavy (non-hydrogen) atoms. The summed E-state index contributed by atoms with van der Waals surface area (Å²) in [4.78, 5) is 13.1. The molecular formula is C12H25NO3. The molecule has 0 bridgehead atoms. The molecule has 0 fully saturated rings. The normalized spacial score (nSPS) is 12.1. The molecule has 0 heterocycles. The van der Waals surface area contributed by atoms with Gasteiger partial charge in [-0.15, -0.1) is 0 Å². The van der Waals surface area contributed by atoms with Gasteiger partial charge in [-0.05, 0) is 39.8 Å². The molecule has 0 radical (unpaired) electrons. The largest absolute Gasteiger partial charge is 0.480 e. The number of carboxylic acids is 1. The zero-order valence-electron chi connectivity index (χ0n) is 10.7. The Labute approximate surface area is 98.3 Å². The highest BCUT2D eigenvalue weighted by Gasteiger charge is 2.32. The molecule has 0 saturated carbocycles. The van der Waals surface area contributed by atoms with Crippen LogP contribution in [-0.4, -0.2) is 46.3 Å². The van der Waals surface area contributed by atoms with Crippen LogP contribution in [0, 0.1) is 0 Å². The van der Waals surface area contributed by atoms with Crippen molar-refractivity contribution in [2.75, 3.05) is 19.7 Å². The summed E-state index contributed by atoms with van der Waals surface area (Å²) in [5.41, 5.74) is -0.786. The van der Waals surface area contributed by atoms with Crippen LogP contribution >= 0.6 is 0 Å². The smallest absolute Gasteiger partial charge is 0.323 e. The molecule has 0 spiro atoms. The van der Waals surface area contributed by atoms with Crippen molar-refractivity contribution in [3.8, 4) is 0 Å². The minimum atomic E-state index is -0.786. The lowest BCUT2D eigenvalue weighted by Gasteiger charge is -2.34. The van der Waals surface area contributed by atoms with Gasteiger partial charge in [0.05, 0.1) is 0 Å². The van der Waals surface area contributed by atoms with Crippen LogP contribution in [0.25, 0.3) is 0 Å². The van der Waals surface area contributed by atoms with Crippen molar-refractivity contribution in [3.63, 3.8) is 0 Å². The Morgan fingerprint density at radius 3 is 2.19 bits per heavy atom. The van der Waals surface area contributed by atoms with Crippen molar-refractivity contribution in [3.05, 3.63) is 0 Å². The van der Waals surface area contributed by atoms with E-state index in [0.717, 1.165) is 38.8 Å². The molecule has 0 aromatic rings. The molecule has 96 valence electrons. The van der Waals surface area contributed by atoms with Crippen LogP contribution < -0.4 is 0 Å². The van der Waals surface area contributed by atoms with Crippen molar-refractivity contribution >= 4 is 5.97 Å². The number of rotatable bonds is 9. The Bertz CT molecular complexity index is 204. The van der Waals surface area contributed by atoms with Crippen LogP contribution in [0.5, 0.6) is 0 Å². The number of aliphatic hydroxyl groups excluding tert-OH is 1. The lowest BCUT2D eigenvalue weighted by molar-refractivity contribution is -0.149. The van der Waals surface area contributed by atoms with E-state index in [2.05, 4.69) is 0 Å². The molecule has 0 aromatic heterocycles. The van der Waals surface area contributed by atoms with Crippen molar-refractivity contribution in [2.45, 2.75) is 52.0 Å². The Hall–Kier alpha value is -0.610. The maximum Gasteiger partial charge on any atom is 0.323 e. The number of hydrogen-bond donors (Lipinski definition) is 2. The van der Waals surface area contributed by atoms with Gasteiger partial charge in [-0.25, -0.2) is 0 Å². The number of carboxylic acid groups (broad SMARTS) is 1.